The number of anilines is 3. The minimum Gasteiger partial charge on any atom is -0.375 e. The highest BCUT2D eigenvalue weighted by Crippen LogP contribution is 2.28. The number of fused-ring (bicyclic) bond motifs is 1. The highest BCUT2D eigenvalue weighted by molar-refractivity contribution is 7.21. The van der Waals surface area contributed by atoms with Crippen molar-refractivity contribution >= 4 is 44.1 Å². The lowest BCUT2D eigenvalue weighted by Gasteiger charge is -2.36. The zero-order chi connectivity index (χ0) is 20.2. The molecule has 0 radical (unpaired) electrons. The van der Waals surface area contributed by atoms with E-state index in [0.717, 1.165) is 65.1 Å². The lowest BCUT2D eigenvalue weighted by atomic mass is 10.2. The molecule has 0 unspecified atom stereocenters. The molecule has 1 fully saturated rings. The fourth-order valence-corrected chi connectivity index (χ4v) is 4.29. The number of methoxy groups -OCH3 is 1. The molecule has 1 aliphatic heterocycles. The fraction of sp³-hybridized carbons (Fsp3) is 0.381. The number of thiazole rings is 1. The average Bonchev–Trinajstić information content (AvgIpc) is 3.16. The highest BCUT2D eigenvalue weighted by Gasteiger charge is 2.21. The number of ether oxygens (including phenoxy) is 1. The molecule has 1 aromatic carbocycles. The molecule has 0 saturated carbocycles. The maximum atomic E-state index is 11.9. The summed E-state index contributed by atoms with van der Waals surface area (Å²) in [5.41, 5.74) is 4.17. The van der Waals surface area contributed by atoms with E-state index in [2.05, 4.69) is 51.4 Å². The van der Waals surface area contributed by atoms with Crippen LogP contribution >= 0.6 is 11.3 Å². The number of aromatic nitrogens is 2. The molecule has 0 aliphatic carbocycles. The van der Waals surface area contributed by atoms with E-state index in [0.29, 0.717) is 0 Å². The quantitative estimate of drug-likeness (QED) is 0.671. The van der Waals surface area contributed by atoms with Gasteiger partial charge in [-0.15, -0.1) is 0 Å². The SMILES string of the molecule is CCc1ccc2nc(Nc3ccc(N4CCN(C(=O)COC)CC4)cc3)sc2n1. The number of carbonyl (C=O) groups is 1. The monoisotopic (exact) mass is 411 g/mol. The van der Waals surface area contributed by atoms with Gasteiger partial charge in [0.1, 0.15) is 17.0 Å². The van der Waals surface area contributed by atoms with Gasteiger partial charge in [0, 0.05) is 50.4 Å². The smallest absolute Gasteiger partial charge is 0.248 e. The number of nitrogens with zero attached hydrogens (tertiary/aromatic N) is 4. The van der Waals surface area contributed by atoms with Crippen LogP contribution in [0.5, 0.6) is 0 Å². The second-order valence-electron chi connectivity index (χ2n) is 6.97. The molecular formula is C21H25N5O2S. The van der Waals surface area contributed by atoms with E-state index in [9.17, 15) is 4.79 Å². The van der Waals surface area contributed by atoms with Crippen LogP contribution in [0.2, 0.25) is 0 Å². The lowest BCUT2D eigenvalue weighted by Crippen LogP contribution is -2.49. The summed E-state index contributed by atoms with van der Waals surface area (Å²) in [5, 5.41) is 4.23. The Morgan fingerprint density at radius 2 is 1.86 bits per heavy atom. The molecule has 4 rings (SSSR count). The van der Waals surface area contributed by atoms with Gasteiger partial charge in [-0.2, -0.15) is 0 Å². The summed E-state index contributed by atoms with van der Waals surface area (Å²) in [5.74, 6) is 0.0584. The summed E-state index contributed by atoms with van der Waals surface area (Å²) in [6.45, 7) is 5.35. The van der Waals surface area contributed by atoms with Gasteiger partial charge in [0.25, 0.3) is 0 Å². The van der Waals surface area contributed by atoms with Crippen molar-refractivity contribution in [1.82, 2.24) is 14.9 Å². The molecule has 7 nitrogen and oxygen atoms in total. The fourth-order valence-electron chi connectivity index (χ4n) is 3.41. The van der Waals surface area contributed by atoms with Crippen molar-refractivity contribution in [1.29, 1.82) is 0 Å². The first-order valence-corrected chi connectivity index (χ1v) is 10.6. The Morgan fingerprint density at radius 3 is 2.55 bits per heavy atom. The summed E-state index contributed by atoms with van der Waals surface area (Å²) in [6.07, 6.45) is 0.923. The van der Waals surface area contributed by atoms with Gasteiger partial charge < -0.3 is 19.9 Å². The van der Waals surface area contributed by atoms with Crippen LogP contribution in [0.15, 0.2) is 36.4 Å². The Hall–Kier alpha value is -2.71. The van der Waals surface area contributed by atoms with Crippen molar-refractivity contribution in [2.24, 2.45) is 0 Å². The third-order valence-electron chi connectivity index (χ3n) is 5.06. The van der Waals surface area contributed by atoms with Crippen LogP contribution in [-0.2, 0) is 16.0 Å². The Balaban J connectivity index is 1.38. The van der Waals surface area contributed by atoms with E-state index in [1.165, 1.54) is 0 Å². The van der Waals surface area contributed by atoms with E-state index in [1.807, 2.05) is 17.0 Å². The molecule has 0 spiro atoms. The van der Waals surface area contributed by atoms with Gasteiger partial charge in [-0.05, 0) is 42.8 Å². The van der Waals surface area contributed by atoms with Crippen LogP contribution in [0.3, 0.4) is 0 Å². The van der Waals surface area contributed by atoms with Crippen molar-refractivity contribution in [3.8, 4) is 0 Å². The first-order chi connectivity index (χ1) is 14.2. The van der Waals surface area contributed by atoms with Crippen molar-refractivity contribution in [3.63, 3.8) is 0 Å². The van der Waals surface area contributed by atoms with Crippen LogP contribution in [-0.4, -0.2) is 60.7 Å². The second kappa shape index (κ2) is 8.75. The number of piperazine rings is 1. The van der Waals surface area contributed by atoms with E-state index in [-0.39, 0.29) is 12.5 Å². The molecule has 1 saturated heterocycles. The number of amides is 1. The molecule has 29 heavy (non-hydrogen) atoms. The summed E-state index contributed by atoms with van der Waals surface area (Å²) in [6, 6.07) is 12.4. The number of aryl methyl sites for hydroxylation is 1. The van der Waals surface area contributed by atoms with E-state index in [4.69, 9.17) is 4.74 Å². The van der Waals surface area contributed by atoms with Crippen molar-refractivity contribution in [2.75, 3.05) is 50.1 Å². The van der Waals surface area contributed by atoms with Crippen molar-refractivity contribution in [3.05, 3.63) is 42.1 Å². The predicted molar refractivity (Wildman–Crippen MR) is 117 cm³/mol. The average molecular weight is 412 g/mol. The summed E-state index contributed by atoms with van der Waals surface area (Å²) in [7, 11) is 1.55. The van der Waals surface area contributed by atoms with Crippen LogP contribution in [0, 0.1) is 0 Å². The molecule has 2 aromatic heterocycles. The molecule has 3 aromatic rings. The Kier molecular flexibility index (Phi) is 5.92. The first-order valence-electron chi connectivity index (χ1n) is 9.81. The Labute approximate surface area is 174 Å². The van der Waals surface area contributed by atoms with Gasteiger partial charge >= 0.3 is 0 Å². The number of rotatable bonds is 6. The van der Waals surface area contributed by atoms with E-state index in [1.54, 1.807) is 18.4 Å². The van der Waals surface area contributed by atoms with Crippen LogP contribution in [0.25, 0.3) is 10.3 Å². The molecular weight excluding hydrogens is 386 g/mol. The van der Waals surface area contributed by atoms with E-state index < -0.39 is 0 Å². The second-order valence-corrected chi connectivity index (χ2v) is 7.95. The van der Waals surface area contributed by atoms with Gasteiger partial charge in [0.05, 0.1) is 0 Å². The number of carbonyl (C=O) groups excluding carboxylic acids is 1. The predicted octanol–water partition coefficient (Wildman–Crippen LogP) is 3.29. The largest absolute Gasteiger partial charge is 0.375 e. The van der Waals surface area contributed by atoms with Crippen LogP contribution in [0.4, 0.5) is 16.5 Å². The minimum atomic E-state index is 0.0584. The number of hydrogen-bond acceptors (Lipinski definition) is 7. The zero-order valence-corrected chi connectivity index (χ0v) is 17.5. The lowest BCUT2D eigenvalue weighted by molar-refractivity contribution is -0.135. The number of nitrogens with one attached hydrogen (secondary N) is 1. The minimum absolute atomic E-state index is 0.0584. The highest BCUT2D eigenvalue weighted by atomic mass is 32.1. The maximum absolute atomic E-state index is 11.9. The van der Waals surface area contributed by atoms with Gasteiger partial charge in [-0.1, -0.05) is 18.3 Å². The standard InChI is InChI=1S/C21H25N5O2S/c1-3-15-6-9-18-20(22-15)29-21(24-18)23-16-4-7-17(8-5-16)25-10-12-26(13-11-25)19(27)14-28-2/h4-9H,3,10-14H2,1-2H3,(H,23,24). The van der Waals surface area contributed by atoms with Crippen molar-refractivity contribution < 1.29 is 9.53 Å². The molecule has 3 heterocycles. The van der Waals surface area contributed by atoms with Gasteiger partial charge in [-0.3, -0.25) is 4.79 Å². The van der Waals surface area contributed by atoms with Crippen LogP contribution < -0.4 is 10.2 Å². The number of benzene rings is 1. The Bertz CT molecular complexity index is 980. The number of hydrogen-bond donors (Lipinski definition) is 1. The van der Waals surface area contributed by atoms with Gasteiger partial charge in [-0.25, -0.2) is 9.97 Å². The molecule has 1 amide bonds. The van der Waals surface area contributed by atoms with Gasteiger partial charge in [0.2, 0.25) is 5.91 Å². The molecule has 8 heteroatoms. The maximum Gasteiger partial charge on any atom is 0.248 e. The topological polar surface area (TPSA) is 70.6 Å². The summed E-state index contributed by atoms with van der Waals surface area (Å²) < 4.78 is 4.94. The summed E-state index contributed by atoms with van der Waals surface area (Å²) in [4.78, 5) is 26.3. The molecule has 0 bridgehead atoms. The van der Waals surface area contributed by atoms with Gasteiger partial charge in [0.15, 0.2) is 5.13 Å². The zero-order valence-electron chi connectivity index (χ0n) is 16.7. The third kappa shape index (κ3) is 4.49. The number of pyridine rings is 1. The molecule has 152 valence electrons. The molecule has 1 aliphatic rings. The molecule has 1 N–H and O–H groups in total. The Morgan fingerprint density at radius 1 is 1.10 bits per heavy atom. The molecule has 0 atom stereocenters. The van der Waals surface area contributed by atoms with Crippen molar-refractivity contribution in [2.45, 2.75) is 13.3 Å². The third-order valence-corrected chi connectivity index (χ3v) is 5.94. The summed E-state index contributed by atoms with van der Waals surface area (Å²) >= 11 is 1.57. The normalized spacial score (nSPS) is 14.4. The van der Waals surface area contributed by atoms with Crippen LogP contribution in [0.1, 0.15) is 12.6 Å². The first kappa shape index (κ1) is 19.6. The van der Waals surface area contributed by atoms with E-state index >= 15 is 0 Å².